The van der Waals surface area contributed by atoms with Crippen LogP contribution in [0.5, 0.6) is 0 Å². The van der Waals surface area contributed by atoms with Crippen LogP contribution in [0, 0.1) is 23.3 Å². The maximum absolute atomic E-state index is 14.3. The standard InChI is InChI=1S/C11ClF9N2Se/c12-9-1-2(4(14)6(16)5(15)3(1)13)10(17,18)7(9)22-24-23-8(9)11(19,20)21. The second-order valence-electron chi connectivity index (χ2n) is 4.70. The molecule has 2 nitrogen and oxygen atoms in total. The van der Waals surface area contributed by atoms with E-state index in [0.29, 0.717) is 0 Å². The molecule has 1 heterocycles. The number of halogens is 10. The minimum absolute atomic E-state index is 1.74. The Labute approximate surface area is 138 Å². The second-order valence-corrected chi connectivity index (χ2v) is 6.37. The molecule has 24 heavy (non-hydrogen) atoms. The van der Waals surface area contributed by atoms with Gasteiger partial charge in [-0.15, -0.1) is 0 Å². The first-order chi connectivity index (χ1) is 10.9. The van der Waals surface area contributed by atoms with Crippen molar-refractivity contribution in [2.45, 2.75) is 17.0 Å². The van der Waals surface area contributed by atoms with E-state index >= 15 is 0 Å². The fraction of sp³-hybridized carbons (Fsp3) is 0.273. The predicted octanol–water partition coefficient (Wildman–Crippen LogP) is 3.77. The number of rotatable bonds is 0. The summed E-state index contributed by atoms with van der Waals surface area (Å²) in [5, 5.41) is 0. The first-order valence-electron chi connectivity index (χ1n) is 5.70. The maximum atomic E-state index is 14.3. The third-order valence-corrected chi connectivity index (χ3v) is 5.06. The van der Waals surface area contributed by atoms with Gasteiger partial charge in [-0.25, -0.2) is 0 Å². The molecule has 0 bridgehead atoms. The Hall–Kier alpha value is -1.26. The molecule has 0 aromatic heterocycles. The molecule has 0 amide bonds. The fourth-order valence-electron chi connectivity index (χ4n) is 2.47. The van der Waals surface area contributed by atoms with Crippen molar-refractivity contribution < 1.29 is 39.5 Å². The molecule has 1 aromatic carbocycles. The first kappa shape index (κ1) is 17.6. The van der Waals surface area contributed by atoms with Gasteiger partial charge in [0.05, 0.1) is 0 Å². The normalized spacial score (nSPS) is 25.1. The van der Waals surface area contributed by atoms with Crippen LogP contribution < -0.4 is 0 Å². The van der Waals surface area contributed by atoms with Crippen molar-refractivity contribution >= 4 is 38.4 Å². The average molecular weight is 446 g/mol. The second kappa shape index (κ2) is 4.89. The van der Waals surface area contributed by atoms with Crippen molar-refractivity contribution in [3.05, 3.63) is 34.4 Å². The molecule has 0 saturated carbocycles. The molecule has 0 spiro atoms. The van der Waals surface area contributed by atoms with Gasteiger partial charge in [0.25, 0.3) is 0 Å². The van der Waals surface area contributed by atoms with E-state index in [1.165, 1.54) is 0 Å². The molecule has 0 radical (unpaired) electrons. The molecule has 0 N–H and O–H groups in total. The first-order valence-corrected chi connectivity index (χ1v) is 7.61. The van der Waals surface area contributed by atoms with Crippen molar-refractivity contribution in [3.63, 3.8) is 0 Å². The molecule has 1 aromatic rings. The molecule has 1 aliphatic heterocycles. The molecule has 2 aliphatic rings. The van der Waals surface area contributed by atoms with Crippen LogP contribution >= 0.6 is 11.6 Å². The Morgan fingerprint density at radius 3 is 1.83 bits per heavy atom. The quantitative estimate of drug-likeness (QED) is 0.191. The molecule has 1 unspecified atom stereocenters. The van der Waals surface area contributed by atoms with E-state index in [1.54, 1.807) is 0 Å². The van der Waals surface area contributed by atoms with Crippen LogP contribution in [-0.4, -0.2) is 33.0 Å². The molecule has 1 atom stereocenters. The summed E-state index contributed by atoms with van der Waals surface area (Å²) >= 11 is 3.85. The number of hydrogen-bond acceptors (Lipinski definition) is 2. The Kier molecular flexibility index (Phi) is 3.58. The fourth-order valence-corrected chi connectivity index (χ4v) is 4.64. The third kappa shape index (κ3) is 1.93. The summed E-state index contributed by atoms with van der Waals surface area (Å²) in [6, 6.07) is 0. The van der Waals surface area contributed by atoms with Gasteiger partial charge in [-0.2, -0.15) is 0 Å². The van der Waals surface area contributed by atoms with E-state index in [1.807, 2.05) is 0 Å². The Bertz CT molecular complexity index is 832. The van der Waals surface area contributed by atoms with Gasteiger partial charge >= 0.3 is 137 Å². The number of benzene rings is 1. The van der Waals surface area contributed by atoms with Gasteiger partial charge in [0.2, 0.25) is 0 Å². The van der Waals surface area contributed by atoms with Crippen molar-refractivity contribution in [2.75, 3.05) is 0 Å². The van der Waals surface area contributed by atoms with Gasteiger partial charge in [-0.1, -0.05) is 0 Å². The zero-order chi connectivity index (χ0) is 18.2. The van der Waals surface area contributed by atoms with Crippen LogP contribution in [0.25, 0.3) is 0 Å². The Balaban J connectivity index is 2.49. The van der Waals surface area contributed by atoms with E-state index in [0.717, 1.165) is 0 Å². The van der Waals surface area contributed by atoms with Gasteiger partial charge in [0, 0.05) is 0 Å². The third-order valence-electron chi connectivity index (χ3n) is 3.41. The van der Waals surface area contributed by atoms with Crippen LogP contribution in [0.3, 0.4) is 0 Å². The summed E-state index contributed by atoms with van der Waals surface area (Å²) in [6.07, 6.45) is -5.42. The van der Waals surface area contributed by atoms with E-state index in [-0.39, 0.29) is 0 Å². The van der Waals surface area contributed by atoms with E-state index in [4.69, 9.17) is 11.6 Å². The number of hydrogen-bond donors (Lipinski definition) is 0. The molecule has 3 rings (SSSR count). The van der Waals surface area contributed by atoms with Crippen molar-refractivity contribution in [2.24, 2.45) is 8.02 Å². The van der Waals surface area contributed by atoms with Crippen LogP contribution in [-0.2, 0) is 10.8 Å². The Morgan fingerprint density at radius 2 is 1.33 bits per heavy atom. The summed E-state index contributed by atoms with van der Waals surface area (Å²) in [4.78, 5) is -3.59. The summed E-state index contributed by atoms with van der Waals surface area (Å²) in [5.41, 5.74) is -7.86. The van der Waals surface area contributed by atoms with E-state index in [9.17, 15) is 39.5 Å². The van der Waals surface area contributed by atoms with Crippen LogP contribution in [0.15, 0.2) is 8.02 Å². The molecule has 1 aliphatic carbocycles. The minimum atomic E-state index is -5.42. The summed E-state index contributed by atoms with van der Waals surface area (Å²) < 4.78 is 128. The molecule has 0 saturated heterocycles. The number of nitrogens with zero attached hydrogens (tertiary/aromatic N) is 2. The average Bonchev–Trinajstić information content (AvgIpc) is 2.65. The van der Waals surface area contributed by atoms with Crippen LogP contribution in [0.1, 0.15) is 11.1 Å². The molecular weight excluding hydrogens is 446 g/mol. The molecular formula is C11ClF9N2Se. The molecule has 0 fully saturated rings. The monoisotopic (exact) mass is 446 g/mol. The summed E-state index contributed by atoms with van der Waals surface area (Å²) in [7, 11) is 0. The summed E-state index contributed by atoms with van der Waals surface area (Å²) in [6.45, 7) is 0. The van der Waals surface area contributed by atoms with Gasteiger partial charge in [0.15, 0.2) is 0 Å². The number of fused-ring (bicyclic) bond motifs is 3. The van der Waals surface area contributed by atoms with Gasteiger partial charge in [0.1, 0.15) is 0 Å². The van der Waals surface area contributed by atoms with Crippen LogP contribution in [0.4, 0.5) is 39.5 Å². The van der Waals surface area contributed by atoms with Gasteiger partial charge in [-0.05, 0) is 0 Å². The summed E-state index contributed by atoms with van der Waals surface area (Å²) in [5.74, 6) is -14.8. The number of alkyl halides is 6. The Morgan fingerprint density at radius 1 is 0.833 bits per heavy atom. The zero-order valence-electron chi connectivity index (χ0n) is 10.6. The topological polar surface area (TPSA) is 24.7 Å². The molecule has 13 heteroatoms. The van der Waals surface area contributed by atoms with E-state index < -0.39 is 78.2 Å². The van der Waals surface area contributed by atoms with E-state index in [2.05, 4.69) is 8.02 Å². The van der Waals surface area contributed by atoms with Crippen molar-refractivity contribution in [1.29, 1.82) is 0 Å². The zero-order valence-corrected chi connectivity index (χ0v) is 13.1. The van der Waals surface area contributed by atoms with Crippen molar-refractivity contribution in [3.8, 4) is 0 Å². The SMILES string of the molecule is Fc1c(F)c(F)c2c(c1F)C(F)(F)C1=N[Se]N=C(C(F)(F)F)C12Cl. The molecule has 130 valence electrons. The van der Waals surface area contributed by atoms with Gasteiger partial charge < -0.3 is 0 Å². The van der Waals surface area contributed by atoms with Gasteiger partial charge in [-0.3, -0.25) is 0 Å². The van der Waals surface area contributed by atoms with Crippen LogP contribution in [0.2, 0.25) is 0 Å². The predicted molar refractivity (Wildman–Crippen MR) is 64.4 cm³/mol. The van der Waals surface area contributed by atoms with Crippen molar-refractivity contribution in [1.82, 2.24) is 0 Å².